The van der Waals surface area contributed by atoms with Crippen LogP contribution in [0.25, 0.3) is 0 Å². The van der Waals surface area contributed by atoms with Crippen LogP contribution in [0.15, 0.2) is 36.5 Å². The maximum atomic E-state index is 12.6. The second-order valence-electron chi connectivity index (χ2n) is 15.5. The van der Waals surface area contributed by atoms with Gasteiger partial charge in [-0.05, 0) is 44.9 Å². The van der Waals surface area contributed by atoms with Crippen molar-refractivity contribution < 1.29 is 28.0 Å². The predicted molar refractivity (Wildman–Crippen MR) is 227 cm³/mol. The van der Waals surface area contributed by atoms with Crippen molar-refractivity contribution in [2.24, 2.45) is 0 Å². The first-order chi connectivity index (χ1) is 25.7. The summed E-state index contributed by atoms with van der Waals surface area (Å²) in [5.41, 5.74) is 0. The summed E-state index contributed by atoms with van der Waals surface area (Å²) in [5.74, 6) is -1.56. The number of aliphatic hydroxyl groups excluding tert-OH is 2. The van der Waals surface area contributed by atoms with Crippen LogP contribution < -0.4 is 5.32 Å². The van der Waals surface area contributed by atoms with Crippen molar-refractivity contribution in [3.05, 3.63) is 36.5 Å². The van der Waals surface area contributed by atoms with Crippen LogP contribution in [-0.2, 0) is 14.9 Å². The topological polar surface area (TPSA) is 124 Å². The minimum atomic E-state index is -4.46. The highest BCUT2D eigenvalue weighted by Crippen LogP contribution is 2.15. The van der Waals surface area contributed by atoms with Crippen LogP contribution in [0.2, 0.25) is 0 Å². The Kier molecular flexibility index (Phi) is 37.7. The van der Waals surface area contributed by atoms with Gasteiger partial charge >= 0.3 is 0 Å². The number of carbonyl (C=O) groups excluding carboxylic acids is 1. The Balaban J connectivity index is 4.05. The fourth-order valence-electron chi connectivity index (χ4n) is 6.72. The van der Waals surface area contributed by atoms with Gasteiger partial charge in [0.2, 0.25) is 5.91 Å². The SMILES string of the molecule is CCCCCCCCCCC/C=C/CC/C=C/CC/C=C/C(O)C(CS(=O)(=O)O)NC(=O)C(O)CCCCCCCCCCCCCCCCCCC. The molecule has 53 heavy (non-hydrogen) atoms. The number of nitrogens with one attached hydrogen (secondary N) is 1. The van der Waals surface area contributed by atoms with Gasteiger partial charge in [-0.2, -0.15) is 8.42 Å². The van der Waals surface area contributed by atoms with Gasteiger partial charge in [0.1, 0.15) is 6.10 Å². The standard InChI is InChI=1S/C45H85NO6S/c1-3-5-7-9-11-13-15-17-19-21-22-24-25-27-29-31-33-35-37-39-43(47)42(41-53(50,51)52)46-45(49)44(48)40-38-36-34-32-30-28-26-23-20-18-16-14-12-10-8-6-4-2/h22,24,29,31,37,39,42-44,47-48H,3-21,23,25-28,30,32-36,38,40-41H2,1-2H3,(H,46,49)(H,50,51,52)/b24-22+,31-29+,39-37+. The fraction of sp³-hybridized carbons (Fsp3) is 0.844. The lowest BCUT2D eigenvalue weighted by molar-refractivity contribution is -0.130. The van der Waals surface area contributed by atoms with Gasteiger partial charge in [-0.15, -0.1) is 0 Å². The molecule has 0 bridgehead atoms. The zero-order chi connectivity index (χ0) is 39.1. The molecule has 3 atom stereocenters. The summed E-state index contributed by atoms with van der Waals surface area (Å²) >= 11 is 0. The van der Waals surface area contributed by atoms with Gasteiger partial charge < -0.3 is 15.5 Å². The van der Waals surface area contributed by atoms with E-state index in [0.717, 1.165) is 44.9 Å². The number of hydrogen-bond donors (Lipinski definition) is 4. The maximum absolute atomic E-state index is 12.6. The molecular weight excluding hydrogens is 683 g/mol. The number of carbonyl (C=O) groups is 1. The first kappa shape index (κ1) is 51.5. The lowest BCUT2D eigenvalue weighted by atomic mass is 10.0. The molecule has 0 aromatic heterocycles. The van der Waals surface area contributed by atoms with Crippen LogP contribution in [0, 0.1) is 0 Å². The number of amides is 1. The molecule has 1 amide bonds. The Hall–Kier alpha value is -1.48. The van der Waals surface area contributed by atoms with Gasteiger partial charge in [-0.1, -0.05) is 211 Å². The highest BCUT2D eigenvalue weighted by atomic mass is 32.2. The van der Waals surface area contributed by atoms with Crippen LogP contribution in [0.4, 0.5) is 0 Å². The fourth-order valence-corrected chi connectivity index (χ4v) is 7.46. The minimum Gasteiger partial charge on any atom is -0.387 e. The van der Waals surface area contributed by atoms with Gasteiger partial charge in [0.05, 0.1) is 17.9 Å². The molecule has 0 fully saturated rings. The van der Waals surface area contributed by atoms with Crippen molar-refractivity contribution in [1.82, 2.24) is 5.32 Å². The second-order valence-corrected chi connectivity index (χ2v) is 17.0. The van der Waals surface area contributed by atoms with Crippen molar-refractivity contribution in [2.45, 2.75) is 238 Å². The average Bonchev–Trinajstić information content (AvgIpc) is 3.12. The Morgan fingerprint density at radius 2 is 0.849 bits per heavy atom. The summed E-state index contributed by atoms with van der Waals surface area (Å²) in [6.45, 7) is 4.52. The van der Waals surface area contributed by atoms with E-state index in [-0.39, 0.29) is 6.42 Å². The Morgan fingerprint density at radius 3 is 1.25 bits per heavy atom. The molecule has 0 aromatic carbocycles. The van der Waals surface area contributed by atoms with E-state index in [0.29, 0.717) is 12.8 Å². The van der Waals surface area contributed by atoms with Crippen LogP contribution in [0.3, 0.4) is 0 Å². The molecule has 7 nitrogen and oxygen atoms in total. The Labute approximate surface area is 328 Å². The van der Waals surface area contributed by atoms with E-state index in [2.05, 4.69) is 43.5 Å². The Bertz CT molecular complexity index is 995. The monoisotopic (exact) mass is 768 g/mol. The summed E-state index contributed by atoms with van der Waals surface area (Å²) in [6, 6.07) is -1.25. The molecule has 312 valence electrons. The molecule has 8 heteroatoms. The van der Waals surface area contributed by atoms with Crippen molar-refractivity contribution >= 4 is 16.0 Å². The van der Waals surface area contributed by atoms with E-state index >= 15 is 0 Å². The van der Waals surface area contributed by atoms with E-state index in [9.17, 15) is 28.0 Å². The average molecular weight is 768 g/mol. The zero-order valence-electron chi connectivity index (χ0n) is 34.5. The molecule has 0 aromatic rings. The van der Waals surface area contributed by atoms with Crippen molar-refractivity contribution in [2.75, 3.05) is 5.75 Å². The Morgan fingerprint density at radius 1 is 0.509 bits per heavy atom. The smallest absolute Gasteiger partial charge is 0.267 e. The molecule has 0 spiro atoms. The van der Waals surface area contributed by atoms with E-state index in [1.54, 1.807) is 6.08 Å². The highest BCUT2D eigenvalue weighted by molar-refractivity contribution is 7.85. The first-order valence-corrected chi connectivity index (χ1v) is 23.9. The van der Waals surface area contributed by atoms with E-state index < -0.39 is 40.0 Å². The van der Waals surface area contributed by atoms with E-state index in [1.807, 2.05) is 0 Å². The molecule has 0 saturated heterocycles. The van der Waals surface area contributed by atoms with E-state index in [1.165, 1.54) is 147 Å². The summed E-state index contributed by atoms with van der Waals surface area (Å²) in [5, 5.41) is 23.4. The summed E-state index contributed by atoms with van der Waals surface area (Å²) in [6.07, 6.45) is 47.7. The number of rotatable bonds is 40. The van der Waals surface area contributed by atoms with Gasteiger partial charge in [-0.25, -0.2) is 0 Å². The summed E-state index contributed by atoms with van der Waals surface area (Å²) in [4.78, 5) is 12.6. The number of aliphatic hydroxyl groups is 2. The lowest BCUT2D eigenvalue weighted by Crippen LogP contribution is -2.50. The summed E-state index contributed by atoms with van der Waals surface area (Å²) < 4.78 is 32.6. The second kappa shape index (κ2) is 38.8. The third-order valence-corrected chi connectivity index (χ3v) is 10.9. The van der Waals surface area contributed by atoms with Crippen molar-refractivity contribution in [3.63, 3.8) is 0 Å². The van der Waals surface area contributed by atoms with Crippen LogP contribution >= 0.6 is 0 Å². The molecular formula is C45H85NO6S. The normalized spacial score (nSPS) is 14.1. The van der Waals surface area contributed by atoms with Gasteiger partial charge in [0.25, 0.3) is 10.1 Å². The van der Waals surface area contributed by atoms with Crippen molar-refractivity contribution in [3.8, 4) is 0 Å². The third kappa shape index (κ3) is 38.6. The minimum absolute atomic E-state index is 0.274. The number of hydrogen-bond acceptors (Lipinski definition) is 5. The lowest BCUT2D eigenvalue weighted by Gasteiger charge is -2.22. The number of allylic oxidation sites excluding steroid dienone is 5. The third-order valence-electron chi connectivity index (χ3n) is 10.2. The van der Waals surface area contributed by atoms with Crippen LogP contribution in [0.5, 0.6) is 0 Å². The largest absolute Gasteiger partial charge is 0.387 e. The van der Waals surface area contributed by atoms with Crippen LogP contribution in [0.1, 0.15) is 219 Å². The molecule has 0 saturated carbocycles. The van der Waals surface area contributed by atoms with Crippen LogP contribution in [-0.4, -0.2) is 53.1 Å². The maximum Gasteiger partial charge on any atom is 0.267 e. The quantitative estimate of drug-likeness (QED) is 0.0280. The number of unbranched alkanes of at least 4 members (excludes halogenated alkanes) is 27. The molecule has 0 heterocycles. The molecule has 0 aliphatic carbocycles. The zero-order valence-corrected chi connectivity index (χ0v) is 35.3. The molecule has 0 rings (SSSR count). The predicted octanol–water partition coefficient (Wildman–Crippen LogP) is 12.3. The molecule has 0 aliphatic rings. The highest BCUT2D eigenvalue weighted by Gasteiger charge is 2.27. The summed E-state index contributed by atoms with van der Waals surface area (Å²) in [7, 11) is -4.46. The molecule has 4 N–H and O–H groups in total. The van der Waals surface area contributed by atoms with Gasteiger partial charge in [0.15, 0.2) is 0 Å². The first-order valence-electron chi connectivity index (χ1n) is 22.3. The molecule has 0 radical (unpaired) electrons. The van der Waals surface area contributed by atoms with Gasteiger partial charge in [-0.3, -0.25) is 9.35 Å². The molecule has 3 unspecified atom stereocenters. The molecule has 0 aliphatic heterocycles. The van der Waals surface area contributed by atoms with Crippen molar-refractivity contribution in [1.29, 1.82) is 0 Å². The van der Waals surface area contributed by atoms with E-state index in [4.69, 9.17) is 0 Å². The van der Waals surface area contributed by atoms with Gasteiger partial charge in [0, 0.05) is 0 Å².